The predicted octanol–water partition coefficient (Wildman–Crippen LogP) is 0.821. The lowest BCUT2D eigenvalue weighted by Gasteiger charge is -2.09. The molecule has 108 valence electrons. The number of rotatable bonds is 3. The molecule has 1 aliphatic rings. The maximum atomic E-state index is 11.5. The van der Waals surface area contributed by atoms with Crippen LogP contribution in [0.25, 0.3) is 11.0 Å². The summed E-state index contributed by atoms with van der Waals surface area (Å²) in [4.78, 5) is 7.49. The van der Waals surface area contributed by atoms with Crippen molar-refractivity contribution in [1.82, 2.24) is 9.97 Å². The molecular formula is C12H14N2O4S2. The topological polar surface area (TPSA) is 92.3 Å². The SMILES string of the molecule is COc1ccc2nc(SC3CS(=O)(=O)CC3O)[nH]c2c1. The Hall–Kier alpha value is -1.25. The third-order valence-corrected chi connectivity index (χ3v) is 6.33. The van der Waals surface area contributed by atoms with Gasteiger partial charge in [-0.3, -0.25) is 0 Å². The minimum Gasteiger partial charge on any atom is -0.497 e. The molecule has 0 saturated carbocycles. The number of fused-ring (bicyclic) bond motifs is 1. The van der Waals surface area contributed by atoms with Crippen LogP contribution in [0.4, 0.5) is 0 Å². The summed E-state index contributed by atoms with van der Waals surface area (Å²) in [6, 6.07) is 5.47. The van der Waals surface area contributed by atoms with Gasteiger partial charge in [0.15, 0.2) is 15.0 Å². The fourth-order valence-electron chi connectivity index (χ4n) is 2.20. The maximum absolute atomic E-state index is 11.5. The van der Waals surface area contributed by atoms with Crippen molar-refractivity contribution < 1.29 is 18.3 Å². The van der Waals surface area contributed by atoms with Crippen LogP contribution in [0.2, 0.25) is 0 Å². The molecule has 8 heteroatoms. The first kappa shape index (κ1) is 13.7. The maximum Gasteiger partial charge on any atom is 0.166 e. The van der Waals surface area contributed by atoms with E-state index in [-0.39, 0.29) is 16.8 Å². The summed E-state index contributed by atoms with van der Waals surface area (Å²) in [5.41, 5.74) is 1.60. The van der Waals surface area contributed by atoms with Gasteiger partial charge in [0.05, 0.1) is 41.0 Å². The van der Waals surface area contributed by atoms with E-state index in [4.69, 9.17) is 4.74 Å². The van der Waals surface area contributed by atoms with Crippen LogP contribution in [0.15, 0.2) is 23.4 Å². The molecule has 2 N–H and O–H groups in total. The molecule has 20 heavy (non-hydrogen) atoms. The van der Waals surface area contributed by atoms with E-state index < -0.39 is 15.9 Å². The number of methoxy groups -OCH3 is 1. The number of thioether (sulfide) groups is 1. The van der Waals surface area contributed by atoms with Crippen LogP contribution in [-0.4, -0.2) is 53.5 Å². The second kappa shape index (κ2) is 4.94. The summed E-state index contributed by atoms with van der Waals surface area (Å²) in [5.74, 6) is 0.541. The number of ether oxygens (including phenoxy) is 1. The van der Waals surface area contributed by atoms with E-state index in [1.165, 1.54) is 11.8 Å². The zero-order chi connectivity index (χ0) is 14.3. The molecule has 1 aromatic carbocycles. The first-order valence-corrected chi connectivity index (χ1v) is 8.76. The molecule has 0 spiro atoms. The van der Waals surface area contributed by atoms with Crippen LogP contribution in [-0.2, 0) is 9.84 Å². The number of aromatic amines is 1. The Balaban J connectivity index is 1.84. The third-order valence-electron chi connectivity index (χ3n) is 3.20. The minimum atomic E-state index is -3.14. The Kier molecular flexibility index (Phi) is 3.39. The van der Waals surface area contributed by atoms with Crippen LogP contribution in [0.1, 0.15) is 0 Å². The highest BCUT2D eigenvalue weighted by Crippen LogP contribution is 2.31. The number of hydrogen-bond acceptors (Lipinski definition) is 6. The van der Waals surface area contributed by atoms with Crippen LogP contribution in [0.5, 0.6) is 5.75 Å². The van der Waals surface area contributed by atoms with Gasteiger partial charge in [-0.05, 0) is 12.1 Å². The molecule has 6 nitrogen and oxygen atoms in total. The predicted molar refractivity (Wildman–Crippen MR) is 77.0 cm³/mol. The average Bonchev–Trinajstić information content (AvgIpc) is 2.88. The van der Waals surface area contributed by atoms with Crippen molar-refractivity contribution >= 4 is 32.6 Å². The number of sulfone groups is 1. The number of aromatic nitrogens is 2. The fourth-order valence-corrected chi connectivity index (χ4v) is 5.69. The normalized spacial score (nSPS) is 25.1. The van der Waals surface area contributed by atoms with Gasteiger partial charge in [0.25, 0.3) is 0 Å². The first-order valence-electron chi connectivity index (χ1n) is 6.06. The molecule has 2 atom stereocenters. The number of hydrogen-bond donors (Lipinski definition) is 2. The summed E-state index contributed by atoms with van der Waals surface area (Å²) in [6.07, 6.45) is -0.840. The zero-order valence-electron chi connectivity index (χ0n) is 10.7. The number of nitrogens with zero attached hydrogens (tertiary/aromatic N) is 1. The first-order chi connectivity index (χ1) is 9.47. The summed E-state index contributed by atoms with van der Waals surface area (Å²) >= 11 is 1.26. The van der Waals surface area contributed by atoms with Crippen molar-refractivity contribution in [3.63, 3.8) is 0 Å². The van der Waals surface area contributed by atoms with Gasteiger partial charge in [-0.25, -0.2) is 13.4 Å². The van der Waals surface area contributed by atoms with Crippen molar-refractivity contribution in [2.24, 2.45) is 0 Å². The Morgan fingerprint density at radius 1 is 1.45 bits per heavy atom. The lowest BCUT2D eigenvalue weighted by Crippen LogP contribution is -2.20. The van der Waals surface area contributed by atoms with Crippen molar-refractivity contribution in [2.45, 2.75) is 16.5 Å². The molecule has 0 radical (unpaired) electrons. The molecule has 0 aliphatic carbocycles. The lowest BCUT2D eigenvalue weighted by molar-refractivity contribution is 0.207. The molecule has 0 amide bonds. The van der Waals surface area contributed by atoms with Gasteiger partial charge < -0.3 is 14.8 Å². The quantitative estimate of drug-likeness (QED) is 0.871. The smallest absolute Gasteiger partial charge is 0.166 e. The number of aliphatic hydroxyl groups is 1. The van der Waals surface area contributed by atoms with Crippen LogP contribution >= 0.6 is 11.8 Å². The Morgan fingerprint density at radius 3 is 2.90 bits per heavy atom. The van der Waals surface area contributed by atoms with Crippen molar-refractivity contribution in [2.75, 3.05) is 18.6 Å². The van der Waals surface area contributed by atoms with E-state index in [1.807, 2.05) is 18.2 Å². The monoisotopic (exact) mass is 314 g/mol. The van der Waals surface area contributed by atoms with Crippen molar-refractivity contribution in [1.29, 1.82) is 0 Å². The number of nitrogens with one attached hydrogen (secondary N) is 1. The second-order valence-corrected chi connectivity index (χ2v) is 8.11. The summed E-state index contributed by atoms with van der Waals surface area (Å²) < 4.78 is 28.1. The van der Waals surface area contributed by atoms with E-state index in [1.54, 1.807) is 7.11 Å². The number of aliphatic hydroxyl groups excluding tert-OH is 1. The molecule has 2 unspecified atom stereocenters. The molecule has 0 bridgehead atoms. The summed E-state index contributed by atoms with van der Waals surface area (Å²) in [7, 11) is -1.55. The highest BCUT2D eigenvalue weighted by atomic mass is 32.2. The van der Waals surface area contributed by atoms with Crippen LogP contribution in [0, 0.1) is 0 Å². The molecule has 2 aromatic rings. The average molecular weight is 314 g/mol. The van der Waals surface area contributed by atoms with Gasteiger partial charge in [-0.15, -0.1) is 0 Å². The van der Waals surface area contributed by atoms with Crippen molar-refractivity contribution in [3.05, 3.63) is 18.2 Å². The van der Waals surface area contributed by atoms with Gasteiger partial charge in [-0.1, -0.05) is 11.8 Å². The van der Waals surface area contributed by atoms with Gasteiger partial charge in [0.2, 0.25) is 0 Å². The standard InChI is InChI=1S/C12H14N2O4S2/c1-18-7-2-3-8-9(4-7)14-12(13-8)19-11-6-20(16,17)5-10(11)15/h2-4,10-11,15H,5-6H2,1H3,(H,13,14). The Labute approximate surface area is 120 Å². The van der Waals surface area contributed by atoms with Gasteiger partial charge in [0.1, 0.15) is 5.75 Å². The zero-order valence-corrected chi connectivity index (χ0v) is 12.4. The van der Waals surface area contributed by atoms with Crippen LogP contribution in [0.3, 0.4) is 0 Å². The molecule has 1 saturated heterocycles. The molecule has 2 heterocycles. The van der Waals surface area contributed by atoms with E-state index >= 15 is 0 Å². The van der Waals surface area contributed by atoms with E-state index in [9.17, 15) is 13.5 Å². The van der Waals surface area contributed by atoms with Gasteiger partial charge >= 0.3 is 0 Å². The highest BCUT2D eigenvalue weighted by molar-refractivity contribution is 8.01. The van der Waals surface area contributed by atoms with Gasteiger partial charge in [0, 0.05) is 6.07 Å². The van der Waals surface area contributed by atoms with E-state index in [0.717, 1.165) is 16.8 Å². The van der Waals surface area contributed by atoms with E-state index in [0.29, 0.717) is 5.16 Å². The summed E-state index contributed by atoms with van der Waals surface area (Å²) in [5, 5.41) is 10.0. The van der Waals surface area contributed by atoms with Crippen LogP contribution < -0.4 is 4.74 Å². The third kappa shape index (κ3) is 2.63. The minimum absolute atomic E-state index is 0.0147. The fraction of sp³-hybridized carbons (Fsp3) is 0.417. The lowest BCUT2D eigenvalue weighted by atomic mass is 10.3. The second-order valence-electron chi connectivity index (χ2n) is 4.73. The number of H-pyrrole nitrogens is 1. The number of benzene rings is 1. The molecule has 1 fully saturated rings. The molecule has 1 aromatic heterocycles. The van der Waals surface area contributed by atoms with Gasteiger partial charge in [-0.2, -0.15) is 0 Å². The largest absolute Gasteiger partial charge is 0.497 e. The molecular weight excluding hydrogens is 300 g/mol. The summed E-state index contributed by atoms with van der Waals surface area (Å²) in [6.45, 7) is 0. The van der Waals surface area contributed by atoms with Crippen molar-refractivity contribution in [3.8, 4) is 5.75 Å². The van der Waals surface area contributed by atoms with E-state index in [2.05, 4.69) is 9.97 Å². The molecule has 3 rings (SSSR count). The number of imidazole rings is 1. The molecule has 1 aliphatic heterocycles. The Bertz CT molecular complexity index is 741. The Morgan fingerprint density at radius 2 is 2.25 bits per heavy atom. The highest BCUT2D eigenvalue weighted by Gasteiger charge is 2.37.